The van der Waals surface area contributed by atoms with Gasteiger partial charge in [0, 0.05) is 43.1 Å². The van der Waals surface area contributed by atoms with E-state index in [1.165, 1.54) is 16.1 Å². The summed E-state index contributed by atoms with van der Waals surface area (Å²) in [7, 11) is -3.14. The maximum Gasteiger partial charge on any atom is 0.225 e. The lowest BCUT2D eigenvalue weighted by molar-refractivity contribution is -0.136. The zero-order valence-electron chi connectivity index (χ0n) is 14.6. The molecule has 138 valence electrons. The van der Waals surface area contributed by atoms with E-state index in [9.17, 15) is 13.2 Å². The Morgan fingerprint density at radius 2 is 1.72 bits per heavy atom. The van der Waals surface area contributed by atoms with Crippen LogP contribution in [0.15, 0.2) is 30.3 Å². The summed E-state index contributed by atoms with van der Waals surface area (Å²) >= 11 is 1.93. The van der Waals surface area contributed by atoms with E-state index in [1.807, 2.05) is 22.7 Å². The molecule has 25 heavy (non-hydrogen) atoms. The molecule has 3 rings (SSSR count). The molecular formula is C18H26N2O3S2. The fraction of sp³-hybridized carbons (Fsp3) is 0.611. The zero-order chi connectivity index (χ0) is 17.9. The van der Waals surface area contributed by atoms with Crippen LogP contribution in [0.2, 0.25) is 0 Å². The van der Waals surface area contributed by atoms with Crippen LogP contribution in [0.25, 0.3) is 0 Å². The lowest BCUT2D eigenvalue weighted by atomic mass is 9.96. The molecule has 1 aromatic rings. The Labute approximate surface area is 154 Å². The lowest BCUT2D eigenvalue weighted by Gasteiger charge is -2.32. The minimum absolute atomic E-state index is 0.0312. The maximum atomic E-state index is 12.9. The number of thioether (sulfide) groups is 1. The van der Waals surface area contributed by atoms with Crippen molar-refractivity contribution in [3.63, 3.8) is 0 Å². The quantitative estimate of drug-likeness (QED) is 0.805. The van der Waals surface area contributed by atoms with Gasteiger partial charge in [-0.1, -0.05) is 30.3 Å². The van der Waals surface area contributed by atoms with Crippen molar-refractivity contribution in [1.82, 2.24) is 9.21 Å². The first-order valence-electron chi connectivity index (χ1n) is 8.85. The van der Waals surface area contributed by atoms with Crippen LogP contribution in [0.3, 0.4) is 0 Å². The molecule has 2 aliphatic rings. The number of sulfonamides is 1. The average molecular weight is 383 g/mol. The van der Waals surface area contributed by atoms with Crippen LogP contribution in [-0.2, 0) is 14.8 Å². The minimum atomic E-state index is -3.14. The molecule has 7 heteroatoms. The Balaban J connectivity index is 1.55. The molecule has 1 amide bonds. The molecule has 0 aliphatic carbocycles. The number of hydrogen-bond donors (Lipinski definition) is 0. The highest BCUT2D eigenvalue weighted by atomic mass is 32.2. The van der Waals surface area contributed by atoms with Crippen molar-refractivity contribution in [2.75, 3.05) is 38.2 Å². The van der Waals surface area contributed by atoms with E-state index in [1.54, 1.807) is 0 Å². The smallest absolute Gasteiger partial charge is 0.225 e. The first-order valence-corrected chi connectivity index (χ1v) is 11.8. The summed E-state index contributed by atoms with van der Waals surface area (Å²) in [6.45, 7) is 2.51. The van der Waals surface area contributed by atoms with E-state index in [2.05, 4.69) is 24.3 Å². The first kappa shape index (κ1) is 18.7. The Morgan fingerprint density at radius 3 is 2.36 bits per heavy atom. The number of carbonyl (C=O) groups is 1. The van der Waals surface area contributed by atoms with E-state index in [0.29, 0.717) is 31.2 Å². The van der Waals surface area contributed by atoms with Crippen LogP contribution in [-0.4, -0.2) is 61.7 Å². The predicted octanol–water partition coefficient (Wildman–Crippen LogP) is 2.36. The number of piperidine rings is 1. The molecule has 0 radical (unpaired) electrons. The van der Waals surface area contributed by atoms with Gasteiger partial charge in [-0.3, -0.25) is 4.79 Å². The molecule has 2 heterocycles. The summed E-state index contributed by atoms with van der Waals surface area (Å²) in [5.41, 5.74) is 1.34. The minimum Gasteiger partial charge on any atom is -0.342 e. The van der Waals surface area contributed by atoms with E-state index < -0.39 is 10.0 Å². The van der Waals surface area contributed by atoms with Gasteiger partial charge in [-0.15, -0.1) is 0 Å². The van der Waals surface area contributed by atoms with Crippen LogP contribution in [0, 0.1) is 5.92 Å². The van der Waals surface area contributed by atoms with Crippen molar-refractivity contribution in [1.29, 1.82) is 0 Å². The van der Waals surface area contributed by atoms with Crippen molar-refractivity contribution >= 4 is 27.7 Å². The standard InChI is InChI=1S/C18H26N2O3S2/c1-25(22,23)20-11-7-16(8-12-20)18(21)19-10-9-17(24-14-13-19)15-5-3-2-4-6-15/h2-6,16-17H,7-14H2,1H3. The van der Waals surface area contributed by atoms with Crippen molar-refractivity contribution in [2.45, 2.75) is 24.5 Å². The van der Waals surface area contributed by atoms with Crippen LogP contribution in [0.1, 0.15) is 30.1 Å². The molecule has 1 unspecified atom stereocenters. The molecule has 2 fully saturated rings. The first-order chi connectivity index (χ1) is 11.9. The third-order valence-electron chi connectivity index (χ3n) is 5.10. The lowest BCUT2D eigenvalue weighted by Crippen LogP contribution is -2.44. The molecule has 1 aromatic carbocycles. The summed E-state index contributed by atoms with van der Waals surface area (Å²) in [6.07, 6.45) is 3.49. The van der Waals surface area contributed by atoms with Crippen molar-refractivity contribution < 1.29 is 13.2 Å². The highest BCUT2D eigenvalue weighted by molar-refractivity contribution is 7.99. The van der Waals surface area contributed by atoms with Crippen LogP contribution in [0.5, 0.6) is 0 Å². The third-order valence-corrected chi connectivity index (χ3v) is 7.73. The summed E-state index contributed by atoms with van der Waals surface area (Å²) in [4.78, 5) is 14.9. The number of carbonyl (C=O) groups excluding carboxylic acids is 1. The van der Waals surface area contributed by atoms with Crippen molar-refractivity contribution in [3.8, 4) is 0 Å². The normalized spacial score (nSPS) is 24.0. The van der Waals surface area contributed by atoms with E-state index in [0.717, 1.165) is 25.3 Å². The van der Waals surface area contributed by atoms with Gasteiger partial charge in [0.1, 0.15) is 0 Å². The van der Waals surface area contributed by atoms with Gasteiger partial charge in [0.25, 0.3) is 0 Å². The van der Waals surface area contributed by atoms with E-state index in [4.69, 9.17) is 0 Å². The van der Waals surface area contributed by atoms with Gasteiger partial charge in [0.15, 0.2) is 0 Å². The molecule has 0 aromatic heterocycles. The van der Waals surface area contributed by atoms with Gasteiger partial charge in [-0.2, -0.15) is 11.8 Å². The van der Waals surface area contributed by atoms with Gasteiger partial charge in [-0.25, -0.2) is 12.7 Å². The molecule has 0 N–H and O–H groups in total. The third kappa shape index (κ3) is 4.77. The molecule has 0 spiro atoms. The number of rotatable bonds is 3. The van der Waals surface area contributed by atoms with Crippen molar-refractivity contribution in [3.05, 3.63) is 35.9 Å². The molecule has 1 atom stereocenters. The fourth-order valence-electron chi connectivity index (χ4n) is 3.62. The molecule has 0 saturated carbocycles. The average Bonchev–Trinajstić information content (AvgIpc) is 2.87. The van der Waals surface area contributed by atoms with Crippen LogP contribution in [0.4, 0.5) is 0 Å². The summed E-state index contributed by atoms with van der Waals surface area (Å²) in [6, 6.07) is 10.5. The summed E-state index contributed by atoms with van der Waals surface area (Å²) < 4.78 is 24.7. The van der Waals surface area contributed by atoms with Gasteiger partial charge in [0.2, 0.25) is 15.9 Å². The second kappa shape index (κ2) is 8.10. The Hall–Kier alpha value is -1.05. The number of benzene rings is 1. The van der Waals surface area contributed by atoms with Gasteiger partial charge in [0.05, 0.1) is 6.26 Å². The highest BCUT2D eigenvalue weighted by Gasteiger charge is 2.32. The summed E-state index contributed by atoms with van der Waals surface area (Å²) in [5, 5.41) is 0.450. The Morgan fingerprint density at radius 1 is 1.04 bits per heavy atom. The number of amides is 1. The zero-order valence-corrected chi connectivity index (χ0v) is 16.3. The molecule has 2 aliphatic heterocycles. The number of nitrogens with zero attached hydrogens (tertiary/aromatic N) is 2. The van der Waals surface area contributed by atoms with Gasteiger partial charge in [-0.05, 0) is 24.8 Å². The molecule has 2 saturated heterocycles. The SMILES string of the molecule is CS(=O)(=O)N1CCC(C(=O)N2CCSC(c3ccccc3)CC2)CC1. The monoisotopic (exact) mass is 382 g/mol. The molecule has 0 bridgehead atoms. The maximum absolute atomic E-state index is 12.9. The largest absolute Gasteiger partial charge is 0.342 e. The van der Waals surface area contributed by atoms with Gasteiger partial charge < -0.3 is 4.90 Å². The second-order valence-electron chi connectivity index (χ2n) is 6.82. The highest BCUT2D eigenvalue weighted by Crippen LogP contribution is 2.34. The topological polar surface area (TPSA) is 57.7 Å². The predicted molar refractivity (Wildman–Crippen MR) is 102 cm³/mol. The second-order valence-corrected chi connectivity index (χ2v) is 10.1. The Kier molecular flexibility index (Phi) is 6.07. The molecular weight excluding hydrogens is 356 g/mol. The van der Waals surface area contributed by atoms with E-state index in [-0.39, 0.29) is 11.8 Å². The fourth-order valence-corrected chi connectivity index (χ4v) is 5.72. The van der Waals surface area contributed by atoms with Crippen LogP contribution >= 0.6 is 11.8 Å². The number of hydrogen-bond acceptors (Lipinski definition) is 4. The summed E-state index contributed by atoms with van der Waals surface area (Å²) in [5.74, 6) is 1.13. The van der Waals surface area contributed by atoms with Gasteiger partial charge >= 0.3 is 0 Å². The molecule has 5 nitrogen and oxygen atoms in total. The van der Waals surface area contributed by atoms with Crippen LogP contribution < -0.4 is 0 Å². The van der Waals surface area contributed by atoms with Crippen molar-refractivity contribution in [2.24, 2.45) is 5.92 Å². The van der Waals surface area contributed by atoms with E-state index >= 15 is 0 Å². The Bertz CT molecular complexity index is 686.